The quantitative estimate of drug-likeness (QED) is 0.121. The Morgan fingerprint density at radius 2 is 1.56 bits per heavy atom. The number of aromatic amines is 1. The number of rotatable bonds is 9. The van der Waals surface area contributed by atoms with E-state index in [1.165, 1.54) is 19.1 Å². The molecule has 64 heavy (non-hydrogen) atoms. The highest BCUT2D eigenvalue weighted by molar-refractivity contribution is 6.07. The molecule has 2 aromatic heterocycles. The number of imide groups is 1. The van der Waals surface area contributed by atoms with Gasteiger partial charge in [0.25, 0.3) is 11.8 Å². The molecule has 0 saturated carbocycles. The second-order valence-electron chi connectivity index (χ2n) is 16.4. The maximum absolute atomic E-state index is 16.0. The second kappa shape index (κ2) is 16.9. The fraction of sp³-hybridized carbons (Fsp3) is 0.372. The molecule has 0 atom stereocenters. The molecule has 334 valence electrons. The molecule has 21 heteroatoms. The standard InChI is InChI=1S/C43H45F4N13O4/c1-24-30(39(63)51-41-52-40(53-54-41)43(45,46)47)7-8-31(35(24)44)36-34(37(48)62)38-49-32-9-6-29(22-26(32)12-17-60(38)55-36)58-20-18-56(19-21-58)23-25-10-14-57(15-11-25)27-2-4-28(5-3-27)59-16-13-33(61)50-42(59)64/h2-9,22,25,49H,10-21,23H2,1H3,(H2,48,62)(H,50,61,64)(H2,51,52,53,54,63). The number of piperazine rings is 1. The van der Waals surface area contributed by atoms with Crippen LogP contribution in [0.15, 0.2) is 54.6 Å². The Balaban J connectivity index is 0.801. The molecule has 3 aromatic carbocycles. The predicted molar refractivity (Wildman–Crippen MR) is 229 cm³/mol. The van der Waals surface area contributed by atoms with Crippen LogP contribution >= 0.6 is 0 Å². The van der Waals surface area contributed by atoms with Crippen LogP contribution in [0.4, 0.5) is 56.9 Å². The Kier molecular flexibility index (Phi) is 11.2. The molecule has 0 aliphatic carbocycles. The number of nitrogens with zero attached hydrogens (tertiary/aromatic N) is 8. The third kappa shape index (κ3) is 8.41. The third-order valence-corrected chi connectivity index (χ3v) is 12.4. The minimum Gasteiger partial charge on any atom is -0.372 e. The van der Waals surface area contributed by atoms with Crippen LogP contribution in [0.1, 0.15) is 56.9 Å². The minimum atomic E-state index is -4.81. The fourth-order valence-corrected chi connectivity index (χ4v) is 8.94. The number of carbonyl (C=O) groups is 4. The Morgan fingerprint density at radius 3 is 2.25 bits per heavy atom. The summed E-state index contributed by atoms with van der Waals surface area (Å²) in [6, 6.07) is 16.3. The lowest BCUT2D eigenvalue weighted by Crippen LogP contribution is -2.49. The maximum atomic E-state index is 16.0. The van der Waals surface area contributed by atoms with Crippen LogP contribution < -0.4 is 36.4 Å². The molecular formula is C43H45F4N13O4. The van der Waals surface area contributed by atoms with E-state index < -0.39 is 35.6 Å². The van der Waals surface area contributed by atoms with Gasteiger partial charge in [-0.3, -0.25) is 39.9 Å². The number of hydrogen-bond acceptors (Lipinski definition) is 11. The number of fused-ring (bicyclic) bond motifs is 2. The lowest BCUT2D eigenvalue weighted by Gasteiger charge is -2.40. The zero-order chi connectivity index (χ0) is 44.9. The van der Waals surface area contributed by atoms with Gasteiger partial charge in [0.1, 0.15) is 22.9 Å². The minimum absolute atomic E-state index is 0.0216. The maximum Gasteiger partial charge on any atom is 0.451 e. The van der Waals surface area contributed by atoms with Gasteiger partial charge in [0, 0.05) is 99.2 Å². The molecule has 3 saturated heterocycles. The van der Waals surface area contributed by atoms with E-state index >= 15 is 4.39 Å². The average molecular weight is 884 g/mol. The van der Waals surface area contributed by atoms with Gasteiger partial charge in [0.2, 0.25) is 17.7 Å². The van der Waals surface area contributed by atoms with Gasteiger partial charge in [-0.1, -0.05) is 0 Å². The van der Waals surface area contributed by atoms with Crippen LogP contribution in [0.5, 0.6) is 0 Å². The summed E-state index contributed by atoms with van der Waals surface area (Å²) in [5.41, 5.74) is 10.2. The smallest absolute Gasteiger partial charge is 0.372 e. The number of hydrogen-bond donors (Lipinski definition) is 5. The van der Waals surface area contributed by atoms with Gasteiger partial charge in [0.15, 0.2) is 0 Å². The number of anilines is 6. The number of piperidine rings is 1. The van der Waals surface area contributed by atoms with Gasteiger partial charge in [-0.05, 0) is 97.8 Å². The number of nitrogens with two attached hydrogens (primary N) is 1. The van der Waals surface area contributed by atoms with E-state index in [1.54, 1.807) is 14.7 Å². The van der Waals surface area contributed by atoms with Crippen molar-refractivity contribution in [3.8, 4) is 11.3 Å². The number of aryl methyl sites for hydroxylation is 2. The first-order valence-corrected chi connectivity index (χ1v) is 21.0. The van der Waals surface area contributed by atoms with Gasteiger partial charge >= 0.3 is 12.2 Å². The summed E-state index contributed by atoms with van der Waals surface area (Å²) in [6.45, 7) is 8.67. The summed E-state index contributed by atoms with van der Waals surface area (Å²) in [7, 11) is 0. The van der Waals surface area contributed by atoms with E-state index in [0.717, 1.165) is 87.0 Å². The summed E-state index contributed by atoms with van der Waals surface area (Å²) < 4.78 is 56.4. The molecule has 17 nitrogen and oxygen atoms in total. The normalized spacial score (nSPS) is 17.4. The molecule has 0 bridgehead atoms. The number of primary amides is 1. The van der Waals surface area contributed by atoms with Crippen molar-refractivity contribution in [3.05, 3.63) is 88.5 Å². The summed E-state index contributed by atoms with van der Waals surface area (Å²) in [5, 5.41) is 17.5. The molecule has 4 aliphatic heterocycles. The van der Waals surface area contributed by atoms with Crippen molar-refractivity contribution in [3.63, 3.8) is 0 Å². The Labute approximate surface area is 363 Å². The first-order valence-electron chi connectivity index (χ1n) is 21.0. The molecule has 9 rings (SSSR count). The number of H-pyrrole nitrogens is 1. The predicted octanol–water partition coefficient (Wildman–Crippen LogP) is 5.27. The highest BCUT2D eigenvalue weighted by Crippen LogP contribution is 2.38. The molecular weight excluding hydrogens is 839 g/mol. The monoisotopic (exact) mass is 883 g/mol. The van der Waals surface area contributed by atoms with Gasteiger partial charge in [-0.25, -0.2) is 13.9 Å². The van der Waals surface area contributed by atoms with Crippen LogP contribution in [-0.4, -0.2) is 106 Å². The number of alkyl halides is 3. The van der Waals surface area contributed by atoms with Gasteiger partial charge in [-0.15, -0.1) is 5.10 Å². The largest absolute Gasteiger partial charge is 0.451 e. The highest BCUT2D eigenvalue weighted by atomic mass is 19.4. The number of aromatic nitrogens is 5. The van der Waals surface area contributed by atoms with Crippen LogP contribution in [-0.2, 0) is 23.9 Å². The number of benzene rings is 3. The van der Waals surface area contributed by atoms with Crippen molar-refractivity contribution in [1.29, 1.82) is 0 Å². The molecule has 0 radical (unpaired) electrons. The average Bonchev–Trinajstić information content (AvgIpc) is 3.85. The number of nitrogens with one attached hydrogen (secondary N) is 4. The molecule has 6 N–H and O–H groups in total. The molecule has 3 fully saturated rings. The van der Waals surface area contributed by atoms with Gasteiger partial charge in [-0.2, -0.15) is 23.3 Å². The number of urea groups is 1. The van der Waals surface area contributed by atoms with Gasteiger partial charge in [0.05, 0.1) is 0 Å². The van der Waals surface area contributed by atoms with Crippen LogP contribution in [0.25, 0.3) is 11.3 Å². The molecule has 4 aliphatic rings. The molecule has 5 aromatic rings. The van der Waals surface area contributed by atoms with E-state index in [2.05, 4.69) is 51.9 Å². The summed E-state index contributed by atoms with van der Waals surface area (Å²) >= 11 is 0. The molecule has 0 spiro atoms. The lowest BCUT2D eigenvalue weighted by atomic mass is 9.95. The second-order valence-corrected chi connectivity index (χ2v) is 16.4. The van der Waals surface area contributed by atoms with E-state index in [4.69, 9.17) is 5.73 Å². The Morgan fingerprint density at radius 1 is 0.859 bits per heavy atom. The van der Waals surface area contributed by atoms with Crippen LogP contribution in [0.3, 0.4) is 0 Å². The van der Waals surface area contributed by atoms with Crippen molar-refractivity contribution in [2.75, 3.05) is 77.7 Å². The van der Waals surface area contributed by atoms with Crippen molar-refractivity contribution < 1.29 is 36.7 Å². The van der Waals surface area contributed by atoms with Crippen molar-refractivity contribution in [1.82, 2.24) is 35.2 Å². The molecule has 6 heterocycles. The first kappa shape index (κ1) is 42.3. The van der Waals surface area contributed by atoms with Crippen LogP contribution in [0.2, 0.25) is 0 Å². The summed E-state index contributed by atoms with van der Waals surface area (Å²) in [5.74, 6) is -4.02. The van der Waals surface area contributed by atoms with E-state index in [-0.39, 0.29) is 39.9 Å². The highest BCUT2D eigenvalue weighted by Gasteiger charge is 2.36. The fourth-order valence-electron chi connectivity index (χ4n) is 8.94. The summed E-state index contributed by atoms with van der Waals surface area (Å²) in [4.78, 5) is 61.8. The summed E-state index contributed by atoms with van der Waals surface area (Å²) in [6.07, 6.45) is -1.77. The Hall–Kier alpha value is -7.03. The number of amides is 5. The van der Waals surface area contributed by atoms with E-state index in [1.807, 2.05) is 36.4 Å². The zero-order valence-corrected chi connectivity index (χ0v) is 34.8. The first-order chi connectivity index (χ1) is 30.7. The zero-order valence-electron chi connectivity index (χ0n) is 34.8. The molecule has 5 amide bonds. The van der Waals surface area contributed by atoms with Crippen molar-refractivity contribution >= 4 is 58.3 Å². The van der Waals surface area contributed by atoms with Crippen molar-refractivity contribution in [2.24, 2.45) is 11.7 Å². The van der Waals surface area contributed by atoms with E-state index in [9.17, 15) is 32.3 Å². The van der Waals surface area contributed by atoms with Crippen LogP contribution in [0, 0.1) is 18.7 Å². The Bertz CT molecular complexity index is 2630. The topological polar surface area (TPSA) is 203 Å². The van der Waals surface area contributed by atoms with Crippen molar-refractivity contribution in [2.45, 2.75) is 45.3 Å². The lowest BCUT2D eigenvalue weighted by molar-refractivity contribution is -0.144. The number of halogens is 4. The van der Waals surface area contributed by atoms with Gasteiger partial charge < -0.3 is 20.9 Å². The molecule has 0 unspecified atom stereocenters. The number of carbonyl (C=O) groups excluding carboxylic acids is 4. The third-order valence-electron chi connectivity index (χ3n) is 12.4. The SMILES string of the molecule is Cc1c(C(=O)Nc2n[nH]c(C(F)(F)F)n2)ccc(-c2nn3c(c2C(N)=O)Nc2ccc(N4CCN(CC5CCN(c6ccc(N7CCC(=O)NC7=O)cc6)CC5)CC4)cc2CC3)c1F. The van der Waals surface area contributed by atoms with E-state index in [0.29, 0.717) is 37.7 Å².